The number of nitrogens with zero attached hydrogens (tertiary/aromatic N) is 2. The number of ether oxygens (including phenoxy) is 2. The summed E-state index contributed by atoms with van der Waals surface area (Å²) in [7, 11) is 1.62. The Morgan fingerprint density at radius 1 is 1.27 bits per heavy atom. The highest BCUT2D eigenvalue weighted by Crippen LogP contribution is 2.65. The van der Waals surface area contributed by atoms with Gasteiger partial charge in [0.15, 0.2) is 23.4 Å². The molecule has 0 radical (unpaired) electrons. The first kappa shape index (κ1) is 27.3. The van der Waals surface area contributed by atoms with E-state index in [4.69, 9.17) is 14.5 Å². The van der Waals surface area contributed by atoms with Crippen LogP contribution in [0.25, 0.3) is 0 Å². The standard InChI is InChI=1S/C27H34N2O6.C2H6/c1-4-18-9-10-20(34-25(32)29(3)13-5-6-16(2)30)23-22(18)26-14-21(28-15-17-7-8-17)27(26,33)12-11-19(31)24(26)35-23;1-2/h9-10,17,24,33H,4-8,11-15H2,1-3H3;1-2H3/t24-,26?,27?;/m0./s1. The molecular weight excluding hydrogens is 472 g/mol. The minimum atomic E-state index is -1.22. The topological polar surface area (TPSA) is 106 Å². The predicted molar refractivity (Wildman–Crippen MR) is 141 cm³/mol. The number of hydrogen-bond donors (Lipinski definition) is 1. The Morgan fingerprint density at radius 3 is 2.65 bits per heavy atom. The summed E-state index contributed by atoms with van der Waals surface area (Å²) in [6, 6.07) is 3.60. The normalized spacial score (nSPS) is 28.1. The number of aliphatic imine (C=N–C) groups is 1. The fourth-order valence-corrected chi connectivity index (χ4v) is 5.94. The number of hydrogen-bond acceptors (Lipinski definition) is 7. The van der Waals surface area contributed by atoms with Crippen molar-refractivity contribution in [1.29, 1.82) is 0 Å². The Morgan fingerprint density at radius 2 is 2.00 bits per heavy atom. The quantitative estimate of drug-likeness (QED) is 0.553. The van der Waals surface area contributed by atoms with Crippen LogP contribution in [0.5, 0.6) is 11.5 Å². The molecule has 3 fully saturated rings. The average Bonchev–Trinajstić information content (AvgIpc) is 3.63. The molecule has 0 saturated heterocycles. The number of amides is 1. The Kier molecular flexibility index (Phi) is 7.79. The van der Waals surface area contributed by atoms with Gasteiger partial charge >= 0.3 is 6.09 Å². The molecule has 3 aliphatic carbocycles. The van der Waals surface area contributed by atoms with Crippen molar-refractivity contribution in [1.82, 2.24) is 4.90 Å². The molecule has 4 aliphatic rings. The second-order valence-corrected chi connectivity index (χ2v) is 10.6. The zero-order chi connectivity index (χ0) is 27.0. The highest BCUT2D eigenvalue weighted by molar-refractivity contribution is 6.08. The summed E-state index contributed by atoms with van der Waals surface area (Å²) in [6.07, 6.45) is 3.70. The van der Waals surface area contributed by atoms with Crippen LogP contribution in [0, 0.1) is 5.92 Å². The summed E-state index contributed by atoms with van der Waals surface area (Å²) >= 11 is 0. The lowest BCUT2D eigenvalue weighted by atomic mass is 9.45. The van der Waals surface area contributed by atoms with Crippen molar-refractivity contribution in [2.45, 2.75) is 96.2 Å². The van der Waals surface area contributed by atoms with Gasteiger partial charge in [-0.3, -0.25) is 9.79 Å². The fraction of sp³-hybridized carbons (Fsp3) is 0.655. The zero-order valence-corrected chi connectivity index (χ0v) is 22.8. The summed E-state index contributed by atoms with van der Waals surface area (Å²) < 4.78 is 12.0. The Hall–Kier alpha value is -2.74. The van der Waals surface area contributed by atoms with Crippen LogP contribution in [0.3, 0.4) is 0 Å². The van der Waals surface area contributed by atoms with Gasteiger partial charge in [-0.15, -0.1) is 0 Å². The number of fused-ring (bicyclic) bond motifs is 1. The number of rotatable bonds is 8. The molecule has 0 aromatic heterocycles. The first-order chi connectivity index (χ1) is 17.7. The molecule has 3 atom stereocenters. The van der Waals surface area contributed by atoms with Crippen LogP contribution >= 0.6 is 0 Å². The zero-order valence-electron chi connectivity index (χ0n) is 22.8. The van der Waals surface area contributed by atoms with Gasteiger partial charge in [0, 0.05) is 50.7 Å². The number of Topliss-reactive ketones (excluding diaryl/α,β-unsaturated/α-hetero) is 2. The molecule has 1 amide bonds. The van der Waals surface area contributed by atoms with Gasteiger partial charge < -0.3 is 24.3 Å². The van der Waals surface area contributed by atoms with Crippen LogP contribution in [0.1, 0.15) is 83.8 Å². The molecule has 1 N–H and O–H groups in total. The lowest BCUT2D eigenvalue weighted by molar-refractivity contribution is -0.145. The monoisotopic (exact) mass is 512 g/mol. The van der Waals surface area contributed by atoms with Crippen LogP contribution in [0.2, 0.25) is 0 Å². The first-order valence-corrected chi connectivity index (χ1v) is 13.8. The molecule has 1 aromatic carbocycles. The van der Waals surface area contributed by atoms with Crippen molar-refractivity contribution in [2.75, 3.05) is 20.1 Å². The summed E-state index contributed by atoms with van der Waals surface area (Å²) in [5.41, 5.74) is 0.429. The van der Waals surface area contributed by atoms with Crippen molar-refractivity contribution in [3.05, 3.63) is 23.3 Å². The van der Waals surface area contributed by atoms with Crippen molar-refractivity contribution >= 4 is 23.4 Å². The van der Waals surface area contributed by atoms with Gasteiger partial charge in [0.2, 0.25) is 0 Å². The molecule has 1 heterocycles. The molecule has 8 nitrogen and oxygen atoms in total. The summed E-state index contributed by atoms with van der Waals surface area (Å²) in [6.45, 7) is 8.67. The number of ketones is 2. The number of aryl methyl sites for hydroxylation is 1. The number of benzene rings is 1. The summed E-state index contributed by atoms with van der Waals surface area (Å²) in [5.74, 6) is 1.29. The van der Waals surface area contributed by atoms with E-state index in [2.05, 4.69) is 0 Å². The van der Waals surface area contributed by atoms with Gasteiger partial charge in [0.25, 0.3) is 0 Å². The highest BCUT2D eigenvalue weighted by atomic mass is 16.6. The lowest BCUT2D eigenvalue weighted by Gasteiger charge is -2.59. The van der Waals surface area contributed by atoms with E-state index in [1.807, 2.05) is 26.8 Å². The van der Waals surface area contributed by atoms with Crippen LogP contribution in [-0.4, -0.2) is 65.2 Å². The number of aliphatic hydroxyl groups is 1. The minimum absolute atomic E-state index is 0.0344. The molecule has 1 spiro atoms. The molecule has 8 heteroatoms. The number of carbonyl (C=O) groups excluding carboxylic acids is 3. The van der Waals surface area contributed by atoms with E-state index in [0.29, 0.717) is 50.3 Å². The predicted octanol–water partition coefficient (Wildman–Crippen LogP) is 4.42. The van der Waals surface area contributed by atoms with Crippen LogP contribution in [-0.2, 0) is 21.4 Å². The third kappa shape index (κ3) is 4.58. The Labute approximate surface area is 219 Å². The smallest absolute Gasteiger partial charge is 0.415 e. The Balaban J connectivity index is 0.00000156. The third-order valence-electron chi connectivity index (χ3n) is 8.17. The highest BCUT2D eigenvalue weighted by Gasteiger charge is 2.75. The maximum absolute atomic E-state index is 13.0. The van der Waals surface area contributed by atoms with E-state index in [0.717, 1.165) is 23.4 Å². The second kappa shape index (κ2) is 10.6. The largest absolute Gasteiger partial charge is 0.477 e. The molecule has 1 aliphatic heterocycles. The molecule has 202 valence electrons. The molecule has 1 aromatic rings. The maximum Gasteiger partial charge on any atom is 0.415 e. The minimum Gasteiger partial charge on any atom is -0.477 e. The van der Waals surface area contributed by atoms with E-state index in [9.17, 15) is 19.5 Å². The van der Waals surface area contributed by atoms with Crippen molar-refractivity contribution < 1.29 is 29.0 Å². The maximum atomic E-state index is 13.0. The van der Waals surface area contributed by atoms with Gasteiger partial charge in [-0.2, -0.15) is 0 Å². The van der Waals surface area contributed by atoms with Gasteiger partial charge in [0.1, 0.15) is 11.4 Å². The molecule has 3 saturated carbocycles. The average molecular weight is 513 g/mol. The van der Waals surface area contributed by atoms with E-state index in [1.165, 1.54) is 24.7 Å². The van der Waals surface area contributed by atoms with E-state index >= 15 is 0 Å². The van der Waals surface area contributed by atoms with Crippen molar-refractivity contribution in [3.63, 3.8) is 0 Å². The Bertz CT molecular complexity index is 1110. The molecule has 37 heavy (non-hydrogen) atoms. The van der Waals surface area contributed by atoms with Gasteiger partial charge in [-0.25, -0.2) is 4.79 Å². The second-order valence-electron chi connectivity index (χ2n) is 10.6. The first-order valence-electron chi connectivity index (χ1n) is 13.8. The van der Waals surface area contributed by atoms with Gasteiger partial charge in [0.05, 0.1) is 5.41 Å². The van der Waals surface area contributed by atoms with Crippen molar-refractivity contribution in [3.8, 4) is 11.5 Å². The van der Waals surface area contributed by atoms with Gasteiger partial charge in [-0.1, -0.05) is 26.8 Å². The van der Waals surface area contributed by atoms with Crippen molar-refractivity contribution in [2.24, 2.45) is 10.9 Å². The SMILES string of the molecule is CC.CCc1ccc(OC(=O)N(C)CCCC(C)=O)c2c1C13CC(=NCC4CC4)C1(O)CCC(=O)[C@@H]3O2. The van der Waals surface area contributed by atoms with E-state index in [1.54, 1.807) is 13.1 Å². The molecular formula is C29H40N2O6. The molecule has 5 rings (SSSR count). The molecule has 2 unspecified atom stereocenters. The fourth-order valence-electron chi connectivity index (χ4n) is 5.94. The molecule has 0 bridgehead atoms. The van der Waals surface area contributed by atoms with Crippen LogP contribution in [0.15, 0.2) is 17.1 Å². The van der Waals surface area contributed by atoms with E-state index in [-0.39, 0.29) is 23.7 Å². The van der Waals surface area contributed by atoms with Crippen LogP contribution < -0.4 is 9.47 Å². The van der Waals surface area contributed by atoms with Gasteiger partial charge in [-0.05, 0) is 56.6 Å². The van der Waals surface area contributed by atoms with Crippen LogP contribution in [0.4, 0.5) is 4.79 Å². The summed E-state index contributed by atoms with van der Waals surface area (Å²) in [4.78, 5) is 43.2. The number of carbonyl (C=O) groups is 3. The summed E-state index contributed by atoms with van der Waals surface area (Å²) in [5, 5.41) is 12.0. The third-order valence-corrected chi connectivity index (χ3v) is 8.17. The lowest BCUT2D eigenvalue weighted by Crippen LogP contribution is -2.75. The van der Waals surface area contributed by atoms with E-state index < -0.39 is 23.2 Å².